The van der Waals surface area contributed by atoms with Crippen LogP contribution < -0.4 is 15.0 Å². The van der Waals surface area contributed by atoms with Crippen LogP contribution in [0.2, 0.25) is 0 Å². The minimum absolute atomic E-state index is 0.0857. The van der Waals surface area contributed by atoms with Gasteiger partial charge >= 0.3 is 0 Å². The molecule has 1 fully saturated rings. The maximum atomic E-state index is 12.1. The van der Waals surface area contributed by atoms with Crippen molar-refractivity contribution < 1.29 is 9.53 Å². The molecule has 0 spiro atoms. The second kappa shape index (κ2) is 9.27. The van der Waals surface area contributed by atoms with Crippen molar-refractivity contribution in [1.82, 2.24) is 5.32 Å². The highest BCUT2D eigenvalue weighted by molar-refractivity contribution is 5.76. The van der Waals surface area contributed by atoms with Crippen LogP contribution in [-0.4, -0.2) is 25.6 Å². The zero-order chi connectivity index (χ0) is 18.2. The van der Waals surface area contributed by atoms with Crippen molar-refractivity contribution in [3.05, 3.63) is 59.7 Å². The maximum Gasteiger partial charge on any atom is 0.220 e. The lowest BCUT2D eigenvalue weighted by Gasteiger charge is -2.17. The number of carbonyl (C=O) groups is 1. The first-order chi connectivity index (χ1) is 12.7. The second-order valence-corrected chi connectivity index (χ2v) is 6.71. The summed E-state index contributed by atoms with van der Waals surface area (Å²) in [6.45, 7) is 5.53. The number of rotatable bonds is 8. The van der Waals surface area contributed by atoms with Gasteiger partial charge in [-0.15, -0.1) is 0 Å². The lowest BCUT2D eigenvalue weighted by molar-refractivity contribution is -0.121. The Hall–Kier alpha value is -2.49. The fraction of sp³-hybridized carbons (Fsp3) is 0.409. The molecule has 26 heavy (non-hydrogen) atoms. The predicted molar refractivity (Wildman–Crippen MR) is 106 cm³/mol. The minimum Gasteiger partial charge on any atom is -0.494 e. The van der Waals surface area contributed by atoms with Crippen LogP contribution in [0.4, 0.5) is 5.69 Å². The zero-order valence-corrected chi connectivity index (χ0v) is 15.5. The van der Waals surface area contributed by atoms with E-state index in [1.54, 1.807) is 0 Å². The van der Waals surface area contributed by atoms with Gasteiger partial charge in [0, 0.05) is 31.7 Å². The molecule has 0 bridgehead atoms. The van der Waals surface area contributed by atoms with E-state index in [-0.39, 0.29) is 5.91 Å². The van der Waals surface area contributed by atoms with Crippen molar-refractivity contribution in [3.63, 3.8) is 0 Å². The fourth-order valence-electron chi connectivity index (χ4n) is 3.27. The van der Waals surface area contributed by atoms with Crippen LogP contribution in [0.25, 0.3) is 0 Å². The fourth-order valence-corrected chi connectivity index (χ4v) is 3.27. The van der Waals surface area contributed by atoms with Crippen molar-refractivity contribution in [3.8, 4) is 5.75 Å². The molecular weight excluding hydrogens is 324 g/mol. The Morgan fingerprint density at radius 1 is 1.00 bits per heavy atom. The Bertz CT molecular complexity index is 689. The summed E-state index contributed by atoms with van der Waals surface area (Å²) in [5.41, 5.74) is 3.58. The van der Waals surface area contributed by atoms with Gasteiger partial charge in [-0.25, -0.2) is 0 Å². The van der Waals surface area contributed by atoms with Gasteiger partial charge in [0.2, 0.25) is 5.91 Å². The SMILES string of the molecule is CCOc1ccc(CCC(=O)NCc2ccc(N3CCCC3)cc2)cc1. The van der Waals surface area contributed by atoms with E-state index in [0.29, 0.717) is 19.6 Å². The van der Waals surface area contributed by atoms with E-state index in [1.807, 2.05) is 31.2 Å². The number of ether oxygens (including phenoxy) is 1. The summed E-state index contributed by atoms with van der Waals surface area (Å²) in [6, 6.07) is 16.5. The summed E-state index contributed by atoms with van der Waals surface area (Å²) >= 11 is 0. The summed E-state index contributed by atoms with van der Waals surface area (Å²) < 4.78 is 5.43. The van der Waals surface area contributed by atoms with E-state index < -0.39 is 0 Å². The normalized spacial score (nSPS) is 13.7. The van der Waals surface area contributed by atoms with Crippen molar-refractivity contribution >= 4 is 11.6 Å². The smallest absolute Gasteiger partial charge is 0.220 e. The lowest BCUT2D eigenvalue weighted by atomic mass is 10.1. The van der Waals surface area contributed by atoms with Crippen LogP contribution in [-0.2, 0) is 17.8 Å². The maximum absolute atomic E-state index is 12.1. The van der Waals surface area contributed by atoms with Gasteiger partial charge in [-0.2, -0.15) is 0 Å². The van der Waals surface area contributed by atoms with Gasteiger partial charge < -0.3 is 15.0 Å². The van der Waals surface area contributed by atoms with E-state index in [0.717, 1.165) is 36.4 Å². The van der Waals surface area contributed by atoms with Gasteiger partial charge in [0.1, 0.15) is 5.75 Å². The molecule has 1 N–H and O–H groups in total. The predicted octanol–water partition coefficient (Wildman–Crippen LogP) is 3.93. The Kier molecular flexibility index (Phi) is 6.53. The monoisotopic (exact) mass is 352 g/mol. The highest BCUT2D eigenvalue weighted by Gasteiger charge is 2.11. The molecule has 1 amide bonds. The Labute approximate surface area is 156 Å². The summed E-state index contributed by atoms with van der Waals surface area (Å²) in [5, 5.41) is 3.01. The highest BCUT2D eigenvalue weighted by atomic mass is 16.5. The molecule has 0 unspecified atom stereocenters. The number of hydrogen-bond acceptors (Lipinski definition) is 3. The van der Waals surface area contributed by atoms with Gasteiger partial charge in [-0.3, -0.25) is 4.79 Å². The molecule has 1 heterocycles. The molecule has 4 nitrogen and oxygen atoms in total. The summed E-state index contributed by atoms with van der Waals surface area (Å²) in [6.07, 6.45) is 3.81. The third kappa shape index (κ3) is 5.25. The number of benzene rings is 2. The molecule has 0 aromatic heterocycles. The zero-order valence-electron chi connectivity index (χ0n) is 15.5. The van der Waals surface area contributed by atoms with Crippen molar-refractivity contribution in [2.75, 3.05) is 24.6 Å². The molecule has 2 aromatic carbocycles. The van der Waals surface area contributed by atoms with Crippen molar-refractivity contribution in [1.29, 1.82) is 0 Å². The summed E-state index contributed by atoms with van der Waals surface area (Å²) in [7, 11) is 0. The largest absolute Gasteiger partial charge is 0.494 e. The molecular formula is C22H28N2O2. The quantitative estimate of drug-likeness (QED) is 0.782. The van der Waals surface area contributed by atoms with Gasteiger partial charge in [0.05, 0.1) is 6.61 Å². The van der Waals surface area contributed by atoms with E-state index in [2.05, 4.69) is 34.5 Å². The highest BCUT2D eigenvalue weighted by Crippen LogP contribution is 2.20. The van der Waals surface area contributed by atoms with Gasteiger partial charge in [0.25, 0.3) is 0 Å². The molecule has 1 saturated heterocycles. The van der Waals surface area contributed by atoms with E-state index in [4.69, 9.17) is 4.74 Å². The summed E-state index contributed by atoms with van der Waals surface area (Å²) in [4.78, 5) is 14.5. The Morgan fingerprint density at radius 3 is 2.31 bits per heavy atom. The number of nitrogens with zero attached hydrogens (tertiary/aromatic N) is 1. The summed E-state index contributed by atoms with van der Waals surface area (Å²) in [5.74, 6) is 0.959. The van der Waals surface area contributed by atoms with E-state index in [1.165, 1.54) is 18.5 Å². The lowest BCUT2D eigenvalue weighted by Crippen LogP contribution is -2.23. The molecule has 2 aromatic rings. The second-order valence-electron chi connectivity index (χ2n) is 6.71. The molecule has 1 aliphatic heterocycles. The first-order valence-corrected chi connectivity index (χ1v) is 9.57. The average Bonchev–Trinajstić information content (AvgIpc) is 3.21. The van der Waals surface area contributed by atoms with Crippen LogP contribution in [0, 0.1) is 0 Å². The molecule has 0 saturated carbocycles. The third-order valence-electron chi connectivity index (χ3n) is 4.77. The minimum atomic E-state index is 0.0857. The molecule has 0 radical (unpaired) electrons. The number of carbonyl (C=O) groups excluding carboxylic acids is 1. The molecule has 0 atom stereocenters. The first kappa shape index (κ1) is 18.3. The Morgan fingerprint density at radius 2 is 1.65 bits per heavy atom. The molecule has 3 rings (SSSR count). The third-order valence-corrected chi connectivity index (χ3v) is 4.77. The Balaban J connectivity index is 1.40. The standard InChI is InChI=1S/C22H28N2O2/c1-2-26-21-12-7-18(8-13-21)9-14-22(25)23-17-19-5-10-20(11-6-19)24-15-3-4-16-24/h5-8,10-13H,2-4,9,14-17H2,1H3,(H,23,25). The average molecular weight is 352 g/mol. The number of aryl methyl sites for hydroxylation is 1. The molecule has 0 aliphatic carbocycles. The molecule has 4 heteroatoms. The number of anilines is 1. The van der Waals surface area contributed by atoms with E-state index >= 15 is 0 Å². The van der Waals surface area contributed by atoms with Gasteiger partial charge in [-0.05, 0) is 61.6 Å². The van der Waals surface area contributed by atoms with Gasteiger partial charge in [-0.1, -0.05) is 24.3 Å². The van der Waals surface area contributed by atoms with Crippen LogP contribution in [0.5, 0.6) is 5.75 Å². The van der Waals surface area contributed by atoms with Crippen molar-refractivity contribution in [2.24, 2.45) is 0 Å². The topological polar surface area (TPSA) is 41.6 Å². The van der Waals surface area contributed by atoms with Crippen LogP contribution in [0.3, 0.4) is 0 Å². The number of amides is 1. The molecule has 138 valence electrons. The number of nitrogens with one attached hydrogen (secondary N) is 1. The van der Waals surface area contributed by atoms with Crippen LogP contribution in [0.15, 0.2) is 48.5 Å². The first-order valence-electron chi connectivity index (χ1n) is 9.57. The van der Waals surface area contributed by atoms with Gasteiger partial charge in [0.15, 0.2) is 0 Å². The molecule has 1 aliphatic rings. The van der Waals surface area contributed by atoms with Crippen molar-refractivity contribution in [2.45, 2.75) is 39.2 Å². The van der Waals surface area contributed by atoms with E-state index in [9.17, 15) is 4.79 Å². The van der Waals surface area contributed by atoms with Crippen LogP contribution in [0.1, 0.15) is 37.3 Å². The number of hydrogen-bond donors (Lipinski definition) is 1. The van der Waals surface area contributed by atoms with Crippen LogP contribution >= 0.6 is 0 Å².